The summed E-state index contributed by atoms with van der Waals surface area (Å²) in [6, 6.07) is 13.3. The Morgan fingerprint density at radius 2 is 1.66 bits per heavy atom. The molecule has 0 spiro atoms. The number of nitrogens with two attached hydrogens (primary N) is 1. The van der Waals surface area contributed by atoms with Crippen LogP contribution in [0.15, 0.2) is 48.5 Å². The van der Waals surface area contributed by atoms with E-state index in [1.165, 1.54) is 12.4 Å². The molecule has 0 aromatic heterocycles. The summed E-state index contributed by atoms with van der Waals surface area (Å²) in [5.74, 6) is -1.59. The Kier molecular flexibility index (Phi) is 9.32. The van der Waals surface area contributed by atoms with Crippen molar-refractivity contribution in [1.82, 2.24) is 16.1 Å². The fourth-order valence-corrected chi connectivity index (χ4v) is 4.11. The van der Waals surface area contributed by atoms with Crippen LogP contribution in [0.4, 0.5) is 5.69 Å². The molecule has 4 atom stereocenters. The highest BCUT2D eigenvalue weighted by atomic mass is 16.5. The fourth-order valence-electron chi connectivity index (χ4n) is 4.11. The molecule has 10 nitrogen and oxygen atoms in total. The van der Waals surface area contributed by atoms with Crippen molar-refractivity contribution in [3.8, 4) is 11.1 Å². The molecule has 188 valence electrons. The van der Waals surface area contributed by atoms with E-state index in [1.807, 2.05) is 24.3 Å². The summed E-state index contributed by atoms with van der Waals surface area (Å²) in [6.07, 6.45) is 2.86. The van der Waals surface area contributed by atoms with E-state index in [-0.39, 0.29) is 24.5 Å². The van der Waals surface area contributed by atoms with Crippen molar-refractivity contribution in [3.05, 3.63) is 54.1 Å². The standard InChI is InChI=1S/C25H33N5O5/c1-15(31)23(25(34)30-35)29-24(33)18-7-5-16(6-8-18)17-9-11-20(12-10-17)28-22(32)14-27-21-4-2-3-19(26)13-21/h5-12,15,19,21,23,27,31,35H,2-4,13-14,26H2,1H3,(H,28,32)(H,29,33)(H,30,34)/t15-,19?,21?,23+/m1/s1. The quantitative estimate of drug-likeness (QED) is 0.207. The molecular weight excluding hydrogens is 450 g/mol. The molecule has 2 aromatic rings. The second-order valence-corrected chi connectivity index (χ2v) is 8.88. The molecule has 2 aromatic carbocycles. The minimum atomic E-state index is -1.29. The van der Waals surface area contributed by atoms with Crippen molar-refractivity contribution in [2.24, 2.45) is 5.73 Å². The number of nitrogens with one attached hydrogen (secondary N) is 4. The van der Waals surface area contributed by atoms with Crippen LogP contribution in [0.2, 0.25) is 0 Å². The Morgan fingerprint density at radius 3 is 2.23 bits per heavy atom. The van der Waals surface area contributed by atoms with Gasteiger partial charge in [0.05, 0.1) is 12.6 Å². The van der Waals surface area contributed by atoms with Gasteiger partial charge in [-0.2, -0.15) is 0 Å². The molecule has 0 aliphatic heterocycles. The molecule has 2 unspecified atom stereocenters. The van der Waals surface area contributed by atoms with Crippen molar-refractivity contribution in [2.45, 2.75) is 56.8 Å². The zero-order valence-electron chi connectivity index (χ0n) is 19.7. The van der Waals surface area contributed by atoms with Gasteiger partial charge in [-0.1, -0.05) is 30.7 Å². The summed E-state index contributed by atoms with van der Waals surface area (Å²) in [5.41, 5.74) is 10.1. The van der Waals surface area contributed by atoms with Crippen LogP contribution >= 0.6 is 0 Å². The Labute approximate surface area is 204 Å². The van der Waals surface area contributed by atoms with Crippen LogP contribution in [0.25, 0.3) is 11.1 Å². The molecule has 1 saturated carbocycles. The van der Waals surface area contributed by atoms with Crippen molar-refractivity contribution in [1.29, 1.82) is 0 Å². The van der Waals surface area contributed by atoms with E-state index in [1.54, 1.807) is 24.3 Å². The predicted molar refractivity (Wildman–Crippen MR) is 132 cm³/mol. The maximum atomic E-state index is 12.4. The van der Waals surface area contributed by atoms with Crippen molar-refractivity contribution in [2.75, 3.05) is 11.9 Å². The third kappa shape index (κ3) is 7.59. The number of hydroxylamine groups is 1. The van der Waals surface area contributed by atoms with Gasteiger partial charge in [0.2, 0.25) is 5.91 Å². The van der Waals surface area contributed by atoms with E-state index in [9.17, 15) is 19.5 Å². The van der Waals surface area contributed by atoms with Gasteiger partial charge in [0, 0.05) is 23.3 Å². The average Bonchev–Trinajstić information content (AvgIpc) is 2.86. The zero-order chi connectivity index (χ0) is 25.4. The fraction of sp³-hybridized carbons (Fsp3) is 0.400. The first-order valence-electron chi connectivity index (χ1n) is 11.7. The normalized spacial score (nSPS) is 19.3. The van der Waals surface area contributed by atoms with Gasteiger partial charge in [0.25, 0.3) is 11.8 Å². The van der Waals surface area contributed by atoms with Crippen LogP contribution in [-0.4, -0.2) is 58.8 Å². The monoisotopic (exact) mass is 483 g/mol. The minimum absolute atomic E-state index is 0.113. The highest BCUT2D eigenvalue weighted by Crippen LogP contribution is 2.22. The number of carbonyl (C=O) groups is 3. The number of benzene rings is 2. The van der Waals surface area contributed by atoms with E-state index >= 15 is 0 Å². The number of aliphatic hydroxyl groups excluding tert-OH is 1. The third-order valence-electron chi connectivity index (χ3n) is 6.08. The first kappa shape index (κ1) is 26.3. The number of amides is 3. The molecule has 0 bridgehead atoms. The number of carbonyl (C=O) groups excluding carboxylic acids is 3. The molecule has 8 N–H and O–H groups in total. The molecule has 10 heteroatoms. The van der Waals surface area contributed by atoms with Crippen LogP contribution < -0.4 is 27.2 Å². The lowest BCUT2D eigenvalue weighted by Gasteiger charge is -2.27. The van der Waals surface area contributed by atoms with Crippen LogP contribution in [0.1, 0.15) is 43.0 Å². The molecule has 1 fully saturated rings. The number of rotatable bonds is 9. The molecule has 0 heterocycles. The largest absolute Gasteiger partial charge is 0.391 e. The summed E-state index contributed by atoms with van der Waals surface area (Å²) >= 11 is 0. The Hall–Kier alpha value is -3.31. The summed E-state index contributed by atoms with van der Waals surface area (Å²) in [5, 5.41) is 27.0. The summed E-state index contributed by atoms with van der Waals surface area (Å²) in [7, 11) is 0. The summed E-state index contributed by atoms with van der Waals surface area (Å²) < 4.78 is 0. The molecule has 1 aliphatic rings. The van der Waals surface area contributed by atoms with Crippen LogP contribution in [0.3, 0.4) is 0 Å². The second kappa shape index (κ2) is 12.4. The lowest BCUT2D eigenvalue weighted by Crippen LogP contribution is -2.51. The average molecular weight is 484 g/mol. The van der Waals surface area contributed by atoms with Gasteiger partial charge >= 0.3 is 0 Å². The van der Waals surface area contributed by atoms with E-state index in [0.717, 1.165) is 36.8 Å². The summed E-state index contributed by atoms with van der Waals surface area (Å²) in [6.45, 7) is 1.57. The molecule has 0 saturated heterocycles. The van der Waals surface area contributed by atoms with Gasteiger partial charge < -0.3 is 26.8 Å². The lowest BCUT2D eigenvalue weighted by atomic mass is 9.92. The molecule has 0 radical (unpaired) electrons. The van der Waals surface area contributed by atoms with Gasteiger partial charge in [-0.05, 0) is 61.6 Å². The first-order valence-corrected chi connectivity index (χ1v) is 11.7. The van der Waals surface area contributed by atoms with E-state index in [2.05, 4.69) is 16.0 Å². The maximum absolute atomic E-state index is 12.4. The van der Waals surface area contributed by atoms with Crippen LogP contribution in [0, 0.1) is 0 Å². The summed E-state index contributed by atoms with van der Waals surface area (Å²) in [4.78, 5) is 36.3. The lowest BCUT2D eigenvalue weighted by molar-refractivity contribution is -0.133. The first-order chi connectivity index (χ1) is 16.8. The Balaban J connectivity index is 1.53. The van der Waals surface area contributed by atoms with Gasteiger partial charge in [0.15, 0.2) is 0 Å². The minimum Gasteiger partial charge on any atom is -0.391 e. The van der Waals surface area contributed by atoms with Crippen LogP contribution in [0.5, 0.6) is 0 Å². The van der Waals surface area contributed by atoms with Crippen molar-refractivity contribution < 1.29 is 24.7 Å². The maximum Gasteiger partial charge on any atom is 0.268 e. The van der Waals surface area contributed by atoms with E-state index in [4.69, 9.17) is 10.9 Å². The number of hydrogen-bond acceptors (Lipinski definition) is 7. The van der Waals surface area contributed by atoms with Gasteiger partial charge in [-0.3, -0.25) is 19.6 Å². The smallest absolute Gasteiger partial charge is 0.268 e. The van der Waals surface area contributed by atoms with Crippen LogP contribution in [-0.2, 0) is 9.59 Å². The molecule has 3 rings (SSSR count). The van der Waals surface area contributed by atoms with E-state index in [0.29, 0.717) is 11.3 Å². The topological polar surface area (TPSA) is 166 Å². The highest BCUT2D eigenvalue weighted by Gasteiger charge is 2.25. The Bertz CT molecular complexity index is 1010. The number of hydrogen-bond donors (Lipinski definition) is 7. The molecule has 3 amide bonds. The predicted octanol–water partition coefficient (Wildman–Crippen LogP) is 1.14. The SMILES string of the molecule is C[C@@H](O)[C@H](NC(=O)c1ccc(-c2ccc(NC(=O)CNC3CCCC(N)C3)cc2)cc1)C(=O)NO. The molecule has 35 heavy (non-hydrogen) atoms. The van der Waals surface area contributed by atoms with E-state index < -0.39 is 24.0 Å². The zero-order valence-corrected chi connectivity index (χ0v) is 19.7. The second-order valence-electron chi connectivity index (χ2n) is 8.88. The molecule has 1 aliphatic carbocycles. The Morgan fingerprint density at radius 1 is 1.03 bits per heavy atom. The third-order valence-corrected chi connectivity index (χ3v) is 6.08. The van der Waals surface area contributed by atoms with Gasteiger partial charge in [0.1, 0.15) is 6.04 Å². The molecular formula is C25H33N5O5. The van der Waals surface area contributed by atoms with Crippen molar-refractivity contribution in [3.63, 3.8) is 0 Å². The highest BCUT2D eigenvalue weighted by molar-refractivity contribution is 5.98. The van der Waals surface area contributed by atoms with Gasteiger partial charge in [-0.15, -0.1) is 0 Å². The number of aliphatic hydroxyl groups is 1. The van der Waals surface area contributed by atoms with Crippen molar-refractivity contribution >= 4 is 23.4 Å². The number of anilines is 1. The van der Waals surface area contributed by atoms with Gasteiger partial charge in [-0.25, -0.2) is 5.48 Å².